The fourth-order valence-electron chi connectivity index (χ4n) is 2.35. The van der Waals surface area contributed by atoms with E-state index in [-0.39, 0.29) is 5.91 Å². The summed E-state index contributed by atoms with van der Waals surface area (Å²) in [6.07, 6.45) is 0.368. The molecule has 0 fully saturated rings. The molecular formula is C18H24N2O3S. The lowest BCUT2D eigenvalue weighted by Gasteiger charge is -2.21. The molecule has 0 atom stereocenters. The minimum atomic E-state index is 0.0667. The van der Waals surface area contributed by atoms with E-state index in [1.807, 2.05) is 42.6 Å². The summed E-state index contributed by atoms with van der Waals surface area (Å²) in [5.74, 6) is 1.44. The Labute approximate surface area is 147 Å². The number of ether oxygens (including phenoxy) is 2. The van der Waals surface area contributed by atoms with Crippen molar-refractivity contribution in [1.82, 2.24) is 4.90 Å². The van der Waals surface area contributed by atoms with Gasteiger partial charge < -0.3 is 20.1 Å². The number of hydrogen-bond donors (Lipinski definition) is 1. The number of nitrogens with zero attached hydrogens (tertiary/aromatic N) is 1. The van der Waals surface area contributed by atoms with Crippen molar-refractivity contribution in [1.29, 1.82) is 0 Å². The van der Waals surface area contributed by atoms with Gasteiger partial charge in [-0.1, -0.05) is 12.1 Å². The van der Waals surface area contributed by atoms with Crippen LogP contribution in [0.4, 0.5) is 0 Å². The highest BCUT2D eigenvalue weighted by Gasteiger charge is 2.13. The molecule has 6 heteroatoms. The van der Waals surface area contributed by atoms with E-state index < -0.39 is 0 Å². The van der Waals surface area contributed by atoms with Crippen LogP contribution >= 0.6 is 11.3 Å². The standard InChI is InChI=1S/C18H24N2O3S/c1-3-20(18(21)8-9-19)12-14-6-7-16(17(11-14)22-2)23-13-15-5-4-10-24-15/h4-7,10-11H,3,8-9,12-13,19H2,1-2H3. The highest BCUT2D eigenvalue weighted by atomic mass is 32.1. The first kappa shape index (κ1) is 18.3. The number of thiophene rings is 1. The van der Waals surface area contributed by atoms with Gasteiger partial charge in [0.15, 0.2) is 11.5 Å². The maximum absolute atomic E-state index is 12.0. The molecule has 0 aliphatic rings. The van der Waals surface area contributed by atoms with Gasteiger partial charge in [-0.2, -0.15) is 0 Å². The van der Waals surface area contributed by atoms with Crippen LogP contribution in [0.25, 0.3) is 0 Å². The van der Waals surface area contributed by atoms with Crippen molar-refractivity contribution < 1.29 is 14.3 Å². The molecule has 1 aromatic heterocycles. The van der Waals surface area contributed by atoms with Gasteiger partial charge in [-0.3, -0.25) is 4.79 Å². The smallest absolute Gasteiger partial charge is 0.224 e. The molecule has 0 spiro atoms. The van der Waals surface area contributed by atoms with Crippen molar-refractivity contribution in [3.05, 3.63) is 46.2 Å². The number of rotatable bonds is 9. The van der Waals surface area contributed by atoms with Gasteiger partial charge >= 0.3 is 0 Å². The number of benzene rings is 1. The lowest BCUT2D eigenvalue weighted by molar-refractivity contribution is -0.131. The molecule has 0 aliphatic heterocycles. The predicted octanol–water partition coefficient (Wildman–Crippen LogP) is 3.03. The van der Waals surface area contributed by atoms with E-state index >= 15 is 0 Å². The Bertz CT molecular complexity index is 644. The van der Waals surface area contributed by atoms with Crippen molar-refractivity contribution in [2.45, 2.75) is 26.5 Å². The van der Waals surface area contributed by atoms with Crippen LogP contribution in [-0.4, -0.2) is 31.0 Å². The second-order valence-electron chi connectivity index (χ2n) is 5.30. The summed E-state index contributed by atoms with van der Waals surface area (Å²) < 4.78 is 11.3. The summed E-state index contributed by atoms with van der Waals surface area (Å²) in [6.45, 7) is 4.04. The molecule has 1 amide bonds. The molecule has 0 aliphatic carbocycles. The van der Waals surface area contributed by atoms with Crippen LogP contribution in [0.15, 0.2) is 35.7 Å². The van der Waals surface area contributed by atoms with E-state index in [1.165, 1.54) is 0 Å². The Morgan fingerprint density at radius 2 is 2.12 bits per heavy atom. The number of hydrogen-bond acceptors (Lipinski definition) is 5. The Hall–Kier alpha value is -2.05. The number of carbonyl (C=O) groups is 1. The molecule has 2 N–H and O–H groups in total. The van der Waals surface area contributed by atoms with Crippen molar-refractivity contribution in [3.63, 3.8) is 0 Å². The van der Waals surface area contributed by atoms with Gasteiger partial charge in [0.2, 0.25) is 5.91 Å². The van der Waals surface area contributed by atoms with E-state index in [9.17, 15) is 4.79 Å². The summed E-state index contributed by atoms with van der Waals surface area (Å²) >= 11 is 1.66. The fraction of sp³-hybridized carbons (Fsp3) is 0.389. The van der Waals surface area contributed by atoms with Crippen LogP contribution < -0.4 is 15.2 Å². The summed E-state index contributed by atoms with van der Waals surface area (Å²) in [7, 11) is 1.62. The van der Waals surface area contributed by atoms with E-state index in [2.05, 4.69) is 0 Å². The summed E-state index contributed by atoms with van der Waals surface area (Å²) in [5, 5.41) is 2.02. The minimum Gasteiger partial charge on any atom is -0.493 e. The highest BCUT2D eigenvalue weighted by molar-refractivity contribution is 7.09. The van der Waals surface area contributed by atoms with E-state index in [4.69, 9.17) is 15.2 Å². The SMILES string of the molecule is CCN(Cc1ccc(OCc2cccs2)c(OC)c1)C(=O)CCN. The topological polar surface area (TPSA) is 64.8 Å². The minimum absolute atomic E-state index is 0.0667. The highest BCUT2D eigenvalue weighted by Crippen LogP contribution is 2.29. The fourth-order valence-corrected chi connectivity index (χ4v) is 2.97. The van der Waals surface area contributed by atoms with Crippen LogP contribution in [0, 0.1) is 0 Å². The van der Waals surface area contributed by atoms with E-state index in [1.54, 1.807) is 23.3 Å². The number of nitrogens with two attached hydrogens (primary N) is 1. The first-order valence-electron chi connectivity index (χ1n) is 7.97. The summed E-state index contributed by atoms with van der Waals surface area (Å²) in [5.41, 5.74) is 6.47. The normalized spacial score (nSPS) is 10.5. The first-order valence-corrected chi connectivity index (χ1v) is 8.85. The lowest BCUT2D eigenvalue weighted by Crippen LogP contribution is -2.31. The first-order chi connectivity index (χ1) is 11.7. The molecule has 2 aromatic rings. The molecule has 0 bridgehead atoms. The third kappa shape index (κ3) is 4.97. The molecule has 2 rings (SSSR count). The van der Waals surface area contributed by atoms with Crippen LogP contribution in [0.3, 0.4) is 0 Å². The largest absolute Gasteiger partial charge is 0.493 e. The van der Waals surface area contributed by atoms with E-state index in [0.29, 0.717) is 44.2 Å². The quantitative estimate of drug-likeness (QED) is 0.756. The second kappa shape index (κ2) is 9.30. The average molecular weight is 348 g/mol. The lowest BCUT2D eigenvalue weighted by atomic mass is 10.1. The molecule has 24 heavy (non-hydrogen) atoms. The summed E-state index contributed by atoms with van der Waals surface area (Å²) in [4.78, 5) is 15.0. The van der Waals surface area contributed by atoms with Gasteiger partial charge in [-0.05, 0) is 36.1 Å². The van der Waals surface area contributed by atoms with Gasteiger partial charge in [0.05, 0.1) is 7.11 Å². The van der Waals surface area contributed by atoms with Gasteiger partial charge in [0, 0.05) is 30.9 Å². The molecule has 0 unspecified atom stereocenters. The number of methoxy groups -OCH3 is 1. The van der Waals surface area contributed by atoms with Crippen LogP contribution in [0.5, 0.6) is 11.5 Å². The van der Waals surface area contributed by atoms with Crippen molar-refractivity contribution in [2.24, 2.45) is 5.73 Å². The van der Waals surface area contributed by atoms with Crippen LogP contribution in [0.1, 0.15) is 23.8 Å². The molecule has 1 heterocycles. The van der Waals surface area contributed by atoms with E-state index in [0.717, 1.165) is 10.4 Å². The zero-order chi connectivity index (χ0) is 17.4. The Morgan fingerprint density at radius 1 is 1.29 bits per heavy atom. The zero-order valence-corrected chi connectivity index (χ0v) is 15.0. The molecule has 5 nitrogen and oxygen atoms in total. The number of carbonyl (C=O) groups excluding carboxylic acids is 1. The van der Waals surface area contributed by atoms with Crippen molar-refractivity contribution in [2.75, 3.05) is 20.2 Å². The monoisotopic (exact) mass is 348 g/mol. The molecule has 130 valence electrons. The third-order valence-corrected chi connectivity index (χ3v) is 4.49. The Balaban J connectivity index is 2.05. The maximum Gasteiger partial charge on any atom is 0.224 e. The Morgan fingerprint density at radius 3 is 2.75 bits per heavy atom. The summed E-state index contributed by atoms with van der Waals surface area (Å²) in [6, 6.07) is 9.81. The van der Waals surface area contributed by atoms with Crippen molar-refractivity contribution >= 4 is 17.2 Å². The molecule has 1 aromatic carbocycles. The average Bonchev–Trinajstić information content (AvgIpc) is 3.11. The van der Waals surface area contributed by atoms with Gasteiger partial charge in [-0.15, -0.1) is 11.3 Å². The van der Waals surface area contributed by atoms with Gasteiger partial charge in [-0.25, -0.2) is 0 Å². The molecule has 0 saturated heterocycles. The van der Waals surface area contributed by atoms with Crippen LogP contribution in [-0.2, 0) is 17.9 Å². The Kier molecular flexibility index (Phi) is 7.08. The molecule has 0 saturated carbocycles. The molecule has 0 radical (unpaired) electrons. The van der Waals surface area contributed by atoms with Crippen LogP contribution in [0.2, 0.25) is 0 Å². The predicted molar refractivity (Wildman–Crippen MR) is 96.4 cm³/mol. The van der Waals surface area contributed by atoms with Gasteiger partial charge in [0.1, 0.15) is 6.61 Å². The third-order valence-electron chi connectivity index (χ3n) is 3.64. The number of amides is 1. The van der Waals surface area contributed by atoms with Gasteiger partial charge in [0.25, 0.3) is 0 Å². The maximum atomic E-state index is 12.0. The molecular weight excluding hydrogens is 324 g/mol. The van der Waals surface area contributed by atoms with Crippen molar-refractivity contribution in [3.8, 4) is 11.5 Å². The zero-order valence-electron chi connectivity index (χ0n) is 14.2. The second-order valence-corrected chi connectivity index (χ2v) is 6.33.